The van der Waals surface area contributed by atoms with Gasteiger partial charge in [-0.15, -0.1) is 0 Å². The van der Waals surface area contributed by atoms with Gasteiger partial charge >= 0.3 is 39.2 Å². The molecule has 2 nitrogen and oxygen atoms in total. The van der Waals surface area contributed by atoms with Crippen molar-refractivity contribution in [3.05, 3.63) is 11.8 Å². The van der Waals surface area contributed by atoms with E-state index in [1.807, 2.05) is 0 Å². The molecule has 0 atom stereocenters. The molecule has 0 saturated heterocycles. The Bertz CT molecular complexity index is 372. The van der Waals surface area contributed by atoms with Gasteiger partial charge in [0.15, 0.2) is 6.21 Å². The van der Waals surface area contributed by atoms with Gasteiger partial charge in [0, 0.05) is 20.3 Å². The molecule has 0 aromatic carbocycles. The number of allylic oxidation sites excluding steroid dienone is 1. The maximum absolute atomic E-state index is 12.3. The summed E-state index contributed by atoms with van der Waals surface area (Å²) >= 11 is 0. The third kappa shape index (κ3) is 25.8. The van der Waals surface area contributed by atoms with Gasteiger partial charge in [0.2, 0.25) is 0 Å². The van der Waals surface area contributed by atoms with Gasteiger partial charge in [-0.1, -0.05) is 0 Å². The third-order valence-corrected chi connectivity index (χ3v) is 1.12. The number of nitrogens with zero attached hydrogens (tertiary/aromatic N) is 2. The monoisotopic (exact) mass is 340 g/mol. The second-order valence-corrected chi connectivity index (χ2v) is 6.01. The molecule has 0 heterocycles. The van der Waals surface area contributed by atoms with Crippen molar-refractivity contribution in [1.82, 2.24) is 4.90 Å². The van der Waals surface area contributed by atoms with E-state index in [0.717, 1.165) is 12.4 Å². The molecule has 0 aliphatic heterocycles. The molecule has 124 valence electrons. The second-order valence-electron chi connectivity index (χ2n) is 4.10. The van der Waals surface area contributed by atoms with Crippen molar-refractivity contribution in [2.24, 2.45) is 0 Å². The predicted molar refractivity (Wildman–Crippen MR) is 59.6 cm³/mol. The van der Waals surface area contributed by atoms with Crippen molar-refractivity contribution in [2.75, 3.05) is 28.2 Å². The molecule has 0 bridgehead atoms. The van der Waals surface area contributed by atoms with Crippen molar-refractivity contribution >= 4 is 14.0 Å². The fourth-order valence-corrected chi connectivity index (χ4v) is 0.736. The molecule has 0 radical (unpaired) electrons. The van der Waals surface area contributed by atoms with Crippen LogP contribution < -0.4 is 0 Å². The van der Waals surface area contributed by atoms with Crippen molar-refractivity contribution < 1.29 is 42.9 Å². The predicted octanol–water partition coefficient (Wildman–Crippen LogP) is 4.72. The summed E-state index contributed by atoms with van der Waals surface area (Å²) in [6.45, 7) is 0. The van der Waals surface area contributed by atoms with Gasteiger partial charge in [0.1, 0.15) is 19.7 Å². The molecule has 0 fully saturated rings. The molecule has 0 spiro atoms. The number of alkyl halides is 3. The van der Waals surface area contributed by atoms with Crippen LogP contribution in [0.3, 0.4) is 0 Å². The van der Waals surface area contributed by atoms with E-state index in [2.05, 4.69) is 0 Å². The number of hydrogen-bond donors (Lipinski definition) is 0. The summed E-state index contributed by atoms with van der Waals surface area (Å²) in [5.74, 6) is 0. The fraction of sp³-hybridized carbons (Fsp3) is 0.625. The average molecular weight is 340 g/mol. The van der Waals surface area contributed by atoms with E-state index in [0.29, 0.717) is 0 Å². The van der Waals surface area contributed by atoms with Crippen LogP contribution in [0, 0.1) is 0 Å². The minimum absolute atomic E-state index is 0.664. The van der Waals surface area contributed by atoms with E-state index in [1.54, 1.807) is 28.2 Å². The molecular weight excluding hydrogens is 326 g/mol. The van der Waals surface area contributed by atoms with Gasteiger partial charge in [-0.3, -0.25) is 0 Å². The Morgan fingerprint density at radius 2 is 1.25 bits per heavy atom. The first kappa shape index (κ1) is 21.3. The van der Waals surface area contributed by atoms with Crippen molar-refractivity contribution in [2.45, 2.75) is 6.18 Å². The molecule has 0 aromatic rings. The molecule has 20 heavy (non-hydrogen) atoms. The Morgan fingerprint density at radius 3 is 1.40 bits per heavy atom. The van der Waals surface area contributed by atoms with Crippen LogP contribution in [0.5, 0.6) is 0 Å². The molecule has 0 saturated carbocycles. The summed E-state index contributed by atoms with van der Waals surface area (Å²) in [6.07, 6.45) is -2.21. The van der Waals surface area contributed by atoms with Gasteiger partial charge in [-0.05, 0) is 0 Å². The quantitative estimate of drug-likeness (QED) is 0.305. The first-order valence-corrected chi connectivity index (χ1v) is 6.74. The summed E-state index contributed by atoms with van der Waals surface area (Å²) in [4.78, 5) is 1.36. The van der Waals surface area contributed by atoms with Gasteiger partial charge < -0.3 is 4.90 Å². The van der Waals surface area contributed by atoms with Crippen molar-refractivity contribution in [1.29, 1.82) is 0 Å². The Hall–Kier alpha value is -0.990. The fourth-order valence-electron chi connectivity index (χ4n) is 0.736. The SMILES string of the molecule is CN(C)/C=C(/C=[N+](C)C)C(F)(F)F.F[P-](F)(F)(F)(F)F. The zero-order valence-corrected chi connectivity index (χ0v) is 11.8. The maximum atomic E-state index is 12.3. The van der Waals surface area contributed by atoms with Crippen LogP contribution in [0.15, 0.2) is 11.8 Å². The molecule has 0 unspecified atom stereocenters. The second kappa shape index (κ2) is 5.42. The van der Waals surface area contributed by atoms with Gasteiger partial charge in [-0.25, -0.2) is 4.58 Å². The van der Waals surface area contributed by atoms with Crippen LogP contribution in [-0.4, -0.2) is 50.1 Å². The van der Waals surface area contributed by atoms with E-state index in [1.165, 1.54) is 9.48 Å². The number of hydrogen-bond acceptors (Lipinski definition) is 1. The molecule has 0 N–H and O–H groups in total. The summed E-state index contributed by atoms with van der Waals surface area (Å²) in [5.41, 5.74) is -0.664. The van der Waals surface area contributed by atoms with E-state index >= 15 is 0 Å². The zero-order chi connectivity index (χ0) is 17.1. The summed E-state index contributed by atoms with van der Waals surface area (Å²) in [6, 6.07) is 0. The average Bonchev–Trinajstić information content (AvgIpc) is 1.92. The van der Waals surface area contributed by atoms with Crippen LogP contribution >= 0.6 is 7.81 Å². The van der Waals surface area contributed by atoms with E-state index < -0.39 is 19.6 Å². The Kier molecular flexibility index (Phi) is 5.77. The Balaban J connectivity index is 0. The van der Waals surface area contributed by atoms with Crippen molar-refractivity contribution in [3.8, 4) is 0 Å². The Labute approximate surface area is 109 Å². The third-order valence-electron chi connectivity index (χ3n) is 1.12. The van der Waals surface area contributed by atoms with Gasteiger partial charge in [0.25, 0.3) is 0 Å². The van der Waals surface area contributed by atoms with Crippen LogP contribution in [0.1, 0.15) is 0 Å². The molecule has 0 aromatic heterocycles. The normalized spacial score (nSPS) is 16.4. The molecule has 0 aliphatic rings. The molecule has 0 amide bonds. The van der Waals surface area contributed by atoms with Crippen LogP contribution in [0.25, 0.3) is 0 Å². The van der Waals surface area contributed by atoms with Gasteiger partial charge in [0.05, 0.1) is 0 Å². The van der Waals surface area contributed by atoms with E-state index in [9.17, 15) is 38.4 Å². The topological polar surface area (TPSA) is 6.25 Å². The molecule has 12 heteroatoms. The molecular formula is C8H14F9N2P. The zero-order valence-electron chi connectivity index (χ0n) is 10.9. The van der Waals surface area contributed by atoms with Crippen LogP contribution in [0.2, 0.25) is 0 Å². The first-order chi connectivity index (χ1) is 8.18. The summed E-state index contributed by atoms with van der Waals surface area (Å²) in [5, 5.41) is 0. The van der Waals surface area contributed by atoms with E-state index in [-0.39, 0.29) is 0 Å². The van der Waals surface area contributed by atoms with Crippen molar-refractivity contribution in [3.63, 3.8) is 0 Å². The standard InChI is InChI=1S/C8H14F3N2.F6P/c1-12(2)5-7(6-13(3)4)8(9,10)11;1-7(2,3,4,5)6/h5-6H,1-4H3;/q+1;-1. The molecule has 0 rings (SSSR count). The Morgan fingerprint density at radius 1 is 0.950 bits per heavy atom. The van der Waals surface area contributed by atoms with Crippen LogP contribution in [-0.2, 0) is 0 Å². The number of halogens is 9. The summed E-state index contributed by atoms with van der Waals surface area (Å²) < 4.78 is 97.4. The summed E-state index contributed by atoms with van der Waals surface area (Å²) in [7, 11) is -4.45. The van der Waals surface area contributed by atoms with Gasteiger partial charge in [-0.2, -0.15) is 13.2 Å². The minimum atomic E-state index is -10.7. The van der Waals surface area contributed by atoms with Crippen LogP contribution in [0.4, 0.5) is 38.4 Å². The van der Waals surface area contributed by atoms with E-state index in [4.69, 9.17) is 0 Å². The first-order valence-electron chi connectivity index (χ1n) is 4.71. The number of rotatable bonds is 2. The molecule has 0 aliphatic carbocycles.